The number of hydrogen-bond donors (Lipinski definition) is 0. The second-order valence-electron chi connectivity index (χ2n) is 11.8. The Labute approximate surface area is 272 Å². The summed E-state index contributed by atoms with van der Waals surface area (Å²) in [5, 5.41) is 0. The van der Waals surface area contributed by atoms with Gasteiger partial charge in [-0.2, -0.15) is 0 Å². The van der Waals surface area contributed by atoms with Gasteiger partial charge in [0.05, 0.1) is 6.61 Å². The van der Waals surface area contributed by atoms with Crippen molar-refractivity contribution in [3.05, 3.63) is 72.8 Å². The summed E-state index contributed by atoms with van der Waals surface area (Å²) in [6, 6.07) is 24.3. The topological polar surface area (TPSA) is 54.0 Å². The molecule has 246 valence electrons. The van der Waals surface area contributed by atoms with E-state index in [2.05, 4.69) is 58.0 Å². The lowest BCUT2D eigenvalue weighted by atomic mass is 9.94. The molecule has 45 heavy (non-hydrogen) atoms. The Morgan fingerprint density at radius 1 is 0.600 bits per heavy atom. The lowest BCUT2D eigenvalue weighted by molar-refractivity contribution is -0.165. The molecule has 1 unspecified atom stereocenters. The van der Waals surface area contributed by atoms with E-state index in [0.29, 0.717) is 25.4 Å². The lowest BCUT2D eigenvalue weighted by Gasteiger charge is -2.27. The van der Waals surface area contributed by atoms with E-state index in [1.165, 1.54) is 19.3 Å². The maximum Gasteiger partial charge on any atom is 0.311 e. The van der Waals surface area contributed by atoms with Crippen molar-refractivity contribution in [3.8, 4) is 33.8 Å². The number of ether oxygens (including phenoxy) is 4. The minimum Gasteiger partial charge on any atom is -0.462 e. The van der Waals surface area contributed by atoms with Crippen molar-refractivity contribution in [1.29, 1.82) is 0 Å². The average molecular weight is 617 g/mol. The Balaban J connectivity index is 1.77. The van der Waals surface area contributed by atoms with E-state index in [-0.39, 0.29) is 12.1 Å². The number of carbonyl (C=O) groups excluding carboxylic acids is 1. The molecule has 0 aliphatic carbocycles. The van der Waals surface area contributed by atoms with Gasteiger partial charge in [0.2, 0.25) is 6.29 Å². The molecule has 3 rings (SSSR count). The van der Waals surface area contributed by atoms with Crippen LogP contribution in [0.4, 0.5) is 0 Å². The molecule has 0 aliphatic heterocycles. The third-order valence-corrected chi connectivity index (χ3v) is 8.00. The summed E-state index contributed by atoms with van der Waals surface area (Å²) in [7, 11) is 0. The molecule has 5 nitrogen and oxygen atoms in total. The highest BCUT2D eigenvalue weighted by molar-refractivity contribution is 5.84. The van der Waals surface area contributed by atoms with Gasteiger partial charge < -0.3 is 18.9 Å². The van der Waals surface area contributed by atoms with Gasteiger partial charge in [0, 0.05) is 13.0 Å². The number of carbonyl (C=O) groups is 1. The molecule has 0 aromatic heterocycles. The molecule has 0 radical (unpaired) electrons. The zero-order valence-electron chi connectivity index (χ0n) is 28.2. The van der Waals surface area contributed by atoms with E-state index in [0.717, 1.165) is 85.8 Å². The van der Waals surface area contributed by atoms with Gasteiger partial charge in [-0.05, 0) is 72.2 Å². The Morgan fingerprint density at radius 2 is 1.16 bits per heavy atom. The summed E-state index contributed by atoms with van der Waals surface area (Å²) < 4.78 is 24.8. The molecule has 2 atom stereocenters. The highest BCUT2D eigenvalue weighted by atomic mass is 16.7. The maximum atomic E-state index is 12.5. The Bertz CT molecular complexity index is 1240. The fourth-order valence-corrected chi connectivity index (χ4v) is 5.38. The second-order valence-corrected chi connectivity index (χ2v) is 11.8. The van der Waals surface area contributed by atoms with Crippen molar-refractivity contribution in [2.24, 2.45) is 0 Å². The fourth-order valence-electron chi connectivity index (χ4n) is 5.38. The first-order valence-corrected chi connectivity index (χ1v) is 17.5. The van der Waals surface area contributed by atoms with E-state index in [9.17, 15) is 4.79 Å². The van der Waals surface area contributed by atoms with Gasteiger partial charge in [0.1, 0.15) is 17.6 Å². The SMILES string of the molecule is CCCCCCCC(=O)Oc1cccc(-c2ccccc2-c2cccc(OC(OCCCCC)[C@H](CC)OCCCCC)c2)c1. The molecule has 0 aliphatic rings. The predicted octanol–water partition coefficient (Wildman–Crippen LogP) is 11.2. The van der Waals surface area contributed by atoms with Crippen LogP contribution in [0.3, 0.4) is 0 Å². The van der Waals surface area contributed by atoms with E-state index in [4.69, 9.17) is 18.9 Å². The molecular formula is C40H56O5. The first-order chi connectivity index (χ1) is 22.1. The van der Waals surface area contributed by atoms with Crippen LogP contribution in [0.1, 0.15) is 111 Å². The van der Waals surface area contributed by atoms with E-state index in [1.807, 2.05) is 42.5 Å². The summed E-state index contributed by atoms with van der Waals surface area (Å²) in [6.07, 6.45) is 12.8. The van der Waals surface area contributed by atoms with Crippen LogP contribution in [0.15, 0.2) is 72.8 Å². The molecule has 0 saturated heterocycles. The number of benzene rings is 3. The van der Waals surface area contributed by atoms with E-state index < -0.39 is 6.29 Å². The van der Waals surface area contributed by atoms with Crippen LogP contribution < -0.4 is 9.47 Å². The minimum absolute atomic E-state index is 0.138. The summed E-state index contributed by atoms with van der Waals surface area (Å²) in [4.78, 5) is 12.5. The van der Waals surface area contributed by atoms with Crippen molar-refractivity contribution < 1.29 is 23.7 Å². The average Bonchev–Trinajstić information content (AvgIpc) is 3.06. The van der Waals surface area contributed by atoms with Crippen LogP contribution in [-0.2, 0) is 14.3 Å². The third-order valence-electron chi connectivity index (χ3n) is 8.00. The van der Waals surface area contributed by atoms with Crippen LogP contribution >= 0.6 is 0 Å². The third kappa shape index (κ3) is 13.0. The van der Waals surface area contributed by atoms with Gasteiger partial charge in [-0.1, -0.05) is 128 Å². The fraction of sp³-hybridized carbons (Fsp3) is 0.525. The molecule has 3 aromatic carbocycles. The summed E-state index contributed by atoms with van der Waals surface area (Å²) >= 11 is 0. The number of hydrogen-bond acceptors (Lipinski definition) is 5. The largest absolute Gasteiger partial charge is 0.462 e. The van der Waals surface area contributed by atoms with Crippen LogP contribution in [-0.4, -0.2) is 31.6 Å². The van der Waals surface area contributed by atoms with Crippen LogP contribution in [0.25, 0.3) is 22.3 Å². The minimum atomic E-state index is -0.475. The molecule has 3 aromatic rings. The number of rotatable bonds is 23. The molecule has 0 bridgehead atoms. The van der Waals surface area contributed by atoms with E-state index >= 15 is 0 Å². The summed E-state index contributed by atoms with van der Waals surface area (Å²) in [5.41, 5.74) is 4.17. The number of unbranched alkanes of at least 4 members (excludes halogenated alkanes) is 8. The Kier molecular flexibility index (Phi) is 17.4. The van der Waals surface area contributed by atoms with E-state index in [1.54, 1.807) is 0 Å². The Hall–Kier alpha value is -3.15. The highest BCUT2D eigenvalue weighted by Gasteiger charge is 2.24. The molecule has 5 heteroatoms. The van der Waals surface area contributed by atoms with Crippen molar-refractivity contribution in [3.63, 3.8) is 0 Å². The predicted molar refractivity (Wildman–Crippen MR) is 186 cm³/mol. The molecular weight excluding hydrogens is 560 g/mol. The molecule has 0 spiro atoms. The molecule has 0 heterocycles. The maximum absolute atomic E-state index is 12.5. The van der Waals surface area contributed by atoms with Crippen LogP contribution in [0.2, 0.25) is 0 Å². The molecule has 0 fully saturated rings. The van der Waals surface area contributed by atoms with Gasteiger partial charge in [0.25, 0.3) is 0 Å². The number of esters is 1. The lowest BCUT2D eigenvalue weighted by Crippen LogP contribution is -2.37. The van der Waals surface area contributed by atoms with Gasteiger partial charge in [-0.15, -0.1) is 0 Å². The van der Waals surface area contributed by atoms with Crippen molar-refractivity contribution in [1.82, 2.24) is 0 Å². The Morgan fingerprint density at radius 3 is 1.78 bits per heavy atom. The summed E-state index contributed by atoms with van der Waals surface area (Å²) in [6.45, 7) is 10.1. The smallest absolute Gasteiger partial charge is 0.311 e. The highest BCUT2D eigenvalue weighted by Crippen LogP contribution is 2.35. The standard InChI is InChI=1S/C40H56O5/c1-5-9-12-13-14-27-39(41)44-34-23-19-21-32(30-34)36-25-15-16-26-37(36)33-22-20-24-35(31-33)45-40(43-29-18-11-7-3)38(8-4)42-28-17-10-6-2/h15-16,19-26,30-31,38,40H,5-14,17-18,27-29H2,1-4H3/t38-,40?/m0/s1. The normalized spacial score (nSPS) is 12.5. The second kappa shape index (κ2) is 21.6. The first-order valence-electron chi connectivity index (χ1n) is 17.5. The summed E-state index contributed by atoms with van der Waals surface area (Å²) in [5.74, 6) is 1.15. The van der Waals surface area contributed by atoms with Gasteiger partial charge in [0.15, 0.2) is 0 Å². The van der Waals surface area contributed by atoms with Crippen LogP contribution in [0, 0.1) is 0 Å². The van der Waals surface area contributed by atoms with Gasteiger partial charge >= 0.3 is 5.97 Å². The molecule has 0 amide bonds. The van der Waals surface area contributed by atoms with Crippen molar-refractivity contribution in [2.45, 2.75) is 124 Å². The monoisotopic (exact) mass is 616 g/mol. The molecule has 0 saturated carbocycles. The van der Waals surface area contributed by atoms with Crippen LogP contribution in [0.5, 0.6) is 11.5 Å². The zero-order chi connectivity index (χ0) is 32.1. The molecule has 0 N–H and O–H groups in total. The van der Waals surface area contributed by atoms with Gasteiger partial charge in [-0.25, -0.2) is 0 Å². The quantitative estimate of drug-likeness (QED) is 0.0459. The first kappa shape index (κ1) is 36.3. The zero-order valence-corrected chi connectivity index (χ0v) is 28.2. The van der Waals surface area contributed by atoms with Crippen molar-refractivity contribution in [2.75, 3.05) is 13.2 Å². The van der Waals surface area contributed by atoms with Gasteiger partial charge in [-0.3, -0.25) is 4.79 Å². The van der Waals surface area contributed by atoms with Crippen molar-refractivity contribution >= 4 is 5.97 Å².